The third-order valence-electron chi connectivity index (χ3n) is 5.28. The Hall–Kier alpha value is -2.72. The number of hydrogen-bond acceptors (Lipinski definition) is 4. The minimum Gasteiger partial charge on any atom is -0.326 e. The van der Waals surface area contributed by atoms with Crippen LogP contribution in [0.2, 0.25) is 0 Å². The van der Waals surface area contributed by atoms with Crippen LogP contribution < -0.4 is 5.32 Å². The zero-order valence-corrected chi connectivity index (χ0v) is 16.5. The van der Waals surface area contributed by atoms with Crippen molar-refractivity contribution in [3.05, 3.63) is 65.7 Å². The normalized spacial score (nSPS) is 19.6. The van der Waals surface area contributed by atoms with E-state index in [-0.39, 0.29) is 31.8 Å². The molecule has 1 fully saturated rings. The van der Waals surface area contributed by atoms with Crippen LogP contribution >= 0.6 is 0 Å². The average Bonchev–Trinajstić information content (AvgIpc) is 3.04. The molecule has 0 radical (unpaired) electrons. The van der Waals surface area contributed by atoms with Crippen LogP contribution in [0.1, 0.15) is 24.0 Å². The van der Waals surface area contributed by atoms with Crippen molar-refractivity contribution in [3.63, 3.8) is 0 Å². The van der Waals surface area contributed by atoms with E-state index in [0.717, 1.165) is 22.5 Å². The second-order valence-corrected chi connectivity index (χ2v) is 9.18. The van der Waals surface area contributed by atoms with Crippen molar-refractivity contribution in [1.82, 2.24) is 9.62 Å². The molecule has 2 aromatic rings. The summed E-state index contributed by atoms with van der Waals surface area (Å²) >= 11 is 0. The molecule has 2 heterocycles. The van der Waals surface area contributed by atoms with Crippen molar-refractivity contribution in [2.75, 3.05) is 13.1 Å². The van der Waals surface area contributed by atoms with E-state index < -0.39 is 32.3 Å². The Kier molecular flexibility index (Phi) is 4.94. The standard InChI is InChI=1S/C20H18F3N3O3S/c21-20(22,23)15-7-4-8-16(13-15)30(28,29)26-11-9-19(10-12-26)24-17(18(27)25-19)14-5-2-1-3-6-14/h1-8,13H,9-12H2,(H,25,27). The highest BCUT2D eigenvalue weighted by atomic mass is 32.2. The molecule has 2 aliphatic rings. The number of hydrogen-bond donors (Lipinski definition) is 1. The first-order valence-electron chi connectivity index (χ1n) is 9.26. The van der Waals surface area contributed by atoms with Gasteiger partial charge in [0.25, 0.3) is 5.91 Å². The van der Waals surface area contributed by atoms with Gasteiger partial charge in [0.15, 0.2) is 0 Å². The fourth-order valence-electron chi connectivity index (χ4n) is 3.67. The number of carbonyl (C=O) groups is 1. The highest BCUT2D eigenvalue weighted by Crippen LogP contribution is 2.34. The number of alkyl halides is 3. The third-order valence-corrected chi connectivity index (χ3v) is 7.18. The number of benzene rings is 2. The predicted octanol–water partition coefficient (Wildman–Crippen LogP) is 2.81. The molecular weight excluding hydrogens is 419 g/mol. The number of nitrogens with one attached hydrogen (secondary N) is 1. The second-order valence-electron chi connectivity index (χ2n) is 7.24. The Labute approximate surface area is 171 Å². The van der Waals surface area contributed by atoms with Gasteiger partial charge in [0.05, 0.1) is 10.5 Å². The SMILES string of the molecule is O=C1NC2(CCN(S(=O)(=O)c3cccc(C(F)(F)F)c3)CC2)N=C1c1ccccc1. The molecule has 30 heavy (non-hydrogen) atoms. The van der Waals surface area contributed by atoms with Gasteiger partial charge in [-0.25, -0.2) is 8.42 Å². The molecule has 10 heteroatoms. The number of piperidine rings is 1. The maximum Gasteiger partial charge on any atom is 0.416 e. The van der Waals surface area contributed by atoms with Crippen molar-refractivity contribution >= 4 is 21.6 Å². The molecule has 1 N–H and O–H groups in total. The maximum atomic E-state index is 12.9. The number of rotatable bonds is 3. The summed E-state index contributed by atoms with van der Waals surface area (Å²) in [5.74, 6) is -0.324. The average molecular weight is 437 g/mol. The summed E-state index contributed by atoms with van der Waals surface area (Å²) in [6, 6.07) is 12.6. The van der Waals surface area contributed by atoms with Crippen molar-refractivity contribution in [2.45, 2.75) is 29.6 Å². The van der Waals surface area contributed by atoms with Gasteiger partial charge < -0.3 is 5.32 Å². The van der Waals surface area contributed by atoms with E-state index in [2.05, 4.69) is 10.3 Å². The van der Waals surface area contributed by atoms with E-state index in [9.17, 15) is 26.4 Å². The van der Waals surface area contributed by atoms with Crippen LogP contribution in [-0.2, 0) is 21.0 Å². The molecule has 158 valence electrons. The molecule has 2 aromatic carbocycles. The predicted molar refractivity (Wildman–Crippen MR) is 103 cm³/mol. The lowest BCUT2D eigenvalue weighted by molar-refractivity contribution is -0.137. The van der Waals surface area contributed by atoms with Crippen molar-refractivity contribution < 1.29 is 26.4 Å². The molecule has 1 saturated heterocycles. The zero-order valence-electron chi connectivity index (χ0n) is 15.7. The van der Waals surface area contributed by atoms with Crippen molar-refractivity contribution in [2.24, 2.45) is 4.99 Å². The lowest BCUT2D eigenvalue weighted by Gasteiger charge is -2.36. The first-order valence-corrected chi connectivity index (χ1v) is 10.7. The van der Waals surface area contributed by atoms with Gasteiger partial charge in [0, 0.05) is 31.5 Å². The lowest BCUT2D eigenvalue weighted by atomic mass is 10.00. The Bertz CT molecular complexity index is 1110. The summed E-state index contributed by atoms with van der Waals surface area (Å²) in [6.07, 6.45) is -4.17. The summed E-state index contributed by atoms with van der Waals surface area (Å²) in [6.45, 7) is 0.0643. The smallest absolute Gasteiger partial charge is 0.326 e. The summed E-state index contributed by atoms with van der Waals surface area (Å²) < 4.78 is 65.7. The van der Waals surface area contributed by atoms with Gasteiger partial charge in [0.2, 0.25) is 10.0 Å². The number of nitrogens with zero attached hydrogens (tertiary/aromatic N) is 2. The summed E-state index contributed by atoms with van der Waals surface area (Å²) in [5.41, 5.74) is -0.949. The van der Waals surface area contributed by atoms with E-state index >= 15 is 0 Å². The molecule has 0 atom stereocenters. The highest BCUT2D eigenvalue weighted by molar-refractivity contribution is 7.89. The van der Waals surface area contributed by atoms with Gasteiger partial charge in [-0.05, 0) is 18.2 Å². The van der Waals surface area contributed by atoms with Gasteiger partial charge in [-0.3, -0.25) is 9.79 Å². The van der Waals surface area contributed by atoms with Gasteiger partial charge in [-0.1, -0.05) is 36.4 Å². The first-order chi connectivity index (χ1) is 14.1. The van der Waals surface area contributed by atoms with E-state index in [1.165, 1.54) is 0 Å². The molecule has 1 spiro atoms. The van der Waals surface area contributed by atoms with Gasteiger partial charge >= 0.3 is 6.18 Å². The van der Waals surface area contributed by atoms with Crippen LogP contribution in [0.25, 0.3) is 0 Å². The molecule has 1 amide bonds. The molecule has 0 unspecified atom stereocenters. The topological polar surface area (TPSA) is 78.8 Å². The van der Waals surface area contributed by atoms with E-state index in [1.54, 1.807) is 24.3 Å². The molecule has 6 nitrogen and oxygen atoms in total. The largest absolute Gasteiger partial charge is 0.416 e. The van der Waals surface area contributed by atoms with E-state index in [0.29, 0.717) is 17.3 Å². The number of aliphatic imine (C=N–C) groups is 1. The van der Waals surface area contributed by atoms with Crippen LogP contribution in [0.4, 0.5) is 13.2 Å². The van der Waals surface area contributed by atoms with Crippen molar-refractivity contribution in [1.29, 1.82) is 0 Å². The van der Waals surface area contributed by atoms with Gasteiger partial charge in [0.1, 0.15) is 11.4 Å². The van der Waals surface area contributed by atoms with E-state index in [4.69, 9.17) is 0 Å². The van der Waals surface area contributed by atoms with Gasteiger partial charge in [-0.15, -0.1) is 0 Å². The Balaban J connectivity index is 1.54. The summed E-state index contributed by atoms with van der Waals surface area (Å²) in [7, 11) is -4.10. The third kappa shape index (κ3) is 3.72. The van der Waals surface area contributed by atoms with Crippen molar-refractivity contribution in [3.8, 4) is 0 Å². The Morgan fingerprint density at radius 3 is 2.30 bits per heavy atom. The van der Waals surface area contributed by atoms with Crippen LogP contribution in [0.5, 0.6) is 0 Å². The fraction of sp³-hybridized carbons (Fsp3) is 0.300. The Morgan fingerprint density at radius 1 is 1.00 bits per heavy atom. The summed E-state index contributed by atoms with van der Waals surface area (Å²) in [4.78, 5) is 16.5. The molecule has 0 saturated carbocycles. The van der Waals surface area contributed by atoms with Crippen LogP contribution in [-0.4, -0.2) is 43.1 Å². The van der Waals surface area contributed by atoms with Crippen LogP contribution in [0.3, 0.4) is 0 Å². The minimum atomic E-state index is -4.63. The second kappa shape index (κ2) is 7.21. The number of halogens is 3. The first kappa shape index (κ1) is 20.5. The number of sulfonamides is 1. The maximum absolute atomic E-state index is 12.9. The van der Waals surface area contributed by atoms with Crippen LogP contribution in [0.15, 0.2) is 64.5 Å². The van der Waals surface area contributed by atoms with Crippen LogP contribution in [0, 0.1) is 0 Å². The fourth-order valence-corrected chi connectivity index (χ4v) is 5.16. The number of carbonyl (C=O) groups excluding carboxylic acids is 1. The summed E-state index contributed by atoms with van der Waals surface area (Å²) in [5, 5.41) is 2.85. The highest BCUT2D eigenvalue weighted by Gasteiger charge is 2.44. The Morgan fingerprint density at radius 2 is 1.67 bits per heavy atom. The molecule has 0 aliphatic carbocycles. The van der Waals surface area contributed by atoms with Gasteiger partial charge in [-0.2, -0.15) is 17.5 Å². The molecular formula is C20H18F3N3O3S. The quantitative estimate of drug-likeness (QED) is 0.802. The monoisotopic (exact) mass is 437 g/mol. The van der Waals surface area contributed by atoms with E-state index in [1.807, 2.05) is 6.07 Å². The number of amides is 1. The zero-order chi connectivity index (χ0) is 21.6. The molecule has 2 aliphatic heterocycles. The molecule has 0 bridgehead atoms. The molecule has 4 rings (SSSR count). The minimum absolute atomic E-state index is 0.0322. The molecule has 0 aromatic heterocycles. The lowest BCUT2D eigenvalue weighted by Crippen LogP contribution is -2.52.